The van der Waals surface area contributed by atoms with Gasteiger partial charge in [0.1, 0.15) is 5.82 Å². The number of halogens is 2. The molecule has 2 nitrogen and oxygen atoms in total. The van der Waals surface area contributed by atoms with Crippen LogP contribution in [0.5, 0.6) is 0 Å². The molecule has 0 radical (unpaired) electrons. The van der Waals surface area contributed by atoms with Crippen LogP contribution in [-0.4, -0.2) is 18.4 Å². The third-order valence-corrected chi connectivity index (χ3v) is 4.83. The third-order valence-electron chi connectivity index (χ3n) is 4.51. The molecule has 4 heteroatoms. The van der Waals surface area contributed by atoms with E-state index in [-0.39, 0.29) is 16.8 Å². The van der Waals surface area contributed by atoms with Crippen molar-refractivity contribution in [1.82, 2.24) is 5.32 Å². The van der Waals surface area contributed by atoms with Gasteiger partial charge in [0.15, 0.2) is 5.78 Å². The van der Waals surface area contributed by atoms with Gasteiger partial charge in [0, 0.05) is 18.0 Å². The molecule has 3 unspecified atom stereocenters. The summed E-state index contributed by atoms with van der Waals surface area (Å²) in [5, 5.41) is 3.67. The lowest BCUT2D eigenvalue weighted by molar-refractivity contribution is 0.0963. The molecule has 0 bridgehead atoms. The second kappa shape index (κ2) is 5.22. The molecule has 2 aliphatic rings. The third kappa shape index (κ3) is 2.54. The Balaban J connectivity index is 1.71. The second-order valence-electron chi connectivity index (χ2n) is 5.62. The van der Waals surface area contributed by atoms with E-state index in [4.69, 9.17) is 11.6 Å². The monoisotopic (exact) mass is 281 g/mol. The maximum Gasteiger partial charge on any atom is 0.165 e. The smallest absolute Gasteiger partial charge is 0.165 e. The Morgan fingerprint density at radius 3 is 3.05 bits per heavy atom. The normalized spacial score (nSPS) is 29.5. The minimum absolute atomic E-state index is 0.00931. The lowest BCUT2D eigenvalue weighted by Crippen LogP contribution is -2.29. The number of hydrogen-bond acceptors (Lipinski definition) is 2. The molecule has 3 rings (SSSR count). The number of fused-ring (bicyclic) bond motifs is 1. The molecular formula is C15H17ClFNO. The fourth-order valence-electron chi connectivity index (χ4n) is 3.55. The molecule has 3 atom stereocenters. The number of benzene rings is 1. The molecule has 1 aliphatic carbocycles. The molecule has 0 amide bonds. The van der Waals surface area contributed by atoms with E-state index < -0.39 is 5.82 Å². The molecule has 0 spiro atoms. The Morgan fingerprint density at radius 2 is 2.26 bits per heavy atom. The molecular weight excluding hydrogens is 265 g/mol. The summed E-state index contributed by atoms with van der Waals surface area (Å²) in [5.74, 6) is 0.969. The van der Waals surface area contributed by atoms with Crippen LogP contribution in [0.15, 0.2) is 18.2 Å². The minimum Gasteiger partial charge on any atom is -0.313 e. The van der Waals surface area contributed by atoms with Crippen molar-refractivity contribution < 1.29 is 9.18 Å². The van der Waals surface area contributed by atoms with Crippen molar-refractivity contribution >= 4 is 17.4 Å². The molecule has 1 aromatic carbocycles. The first kappa shape index (κ1) is 13.1. The summed E-state index contributed by atoms with van der Waals surface area (Å²) in [5.41, 5.74) is 0.436. The van der Waals surface area contributed by atoms with Gasteiger partial charge >= 0.3 is 0 Å². The molecule has 1 aromatic rings. The summed E-state index contributed by atoms with van der Waals surface area (Å²) >= 11 is 5.94. The van der Waals surface area contributed by atoms with Gasteiger partial charge < -0.3 is 5.32 Å². The number of nitrogens with one attached hydrogen (secondary N) is 1. The predicted octanol–water partition coefficient (Wildman–Crippen LogP) is 3.44. The quantitative estimate of drug-likeness (QED) is 0.860. The Morgan fingerprint density at radius 1 is 1.42 bits per heavy atom. The first-order chi connectivity index (χ1) is 9.15. The molecule has 2 fully saturated rings. The van der Waals surface area contributed by atoms with Crippen molar-refractivity contribution in [3.05, 3.63) is 34.6 Å². The SMILES string of the molecule is O=C(CC1NCC2CCCC21)c1ccc(F)cc1Cl. The van der Waals surface area contributed by atoms with Gasteiger partial charge in [0.05, 0.1) is 5.02 Å². The van der Waals surface area contributed by atoms with Crippen molar-refractivity contribution in [2.45, 2.75) is 31.7 Å². The second-order valence-corrected chi connectivity index (χ2v) is 6.03. The highest BCUT2D eigenvalue weighted by Crippen LogP contribution is 2.39. The van der Waals surface area contributed by atoms with Crippen molar-refractivity contribution in [3.8, 4) is 0 Å². The van der Waals surface area contributed by atoms with Crippen LogP contribution in [0.3, 0.4) is 0 Å². The topological polar surface area (TPSA) is 29.1 Å². The summed E-state index contributed by atoms with van der Waals surface area (Å²) in [4.78, 5) is 12.3. The van der Waals surface area contributed by atoms with Crippen LogP contribution >= 0.6 is 11.6 Å². The highest BCUT2D eigenvalue weighted by molar-refractivity contribution is 6.34. The van der Waals surface area contributed by atoms with E-state index >= 15 is 0 Å². The standard InChI is InChI=1S/C15H17ClFNO/c16-13-6-10(17)4-5-12(13)15(19)7-14-11-3-1-2-9(11)8-18-14/h4-6,9,11,14,18H,1-3,7-8H2. The highest BCUT2D eigenvalue weighted by atomic mass is 35.5. The van der Waals surface area contributed by atoms with Gasteiger partial charge in [-0.05, 0) is 49.4 Å². The van der Waals surface area contributed by atoms with Crippen LogP contribution in [0.4, 0.5) is 4.39 Å². The van der Waals surface area contributed by atoms with E-state index in [1.807, 2.05) is 0 Å². The first-order valence-electron chi connectivity index (χ1n) is 6.87. The van der Waals surface area contributed by atoms with E-state index in [1.54, 1.807) is 0 Å². The fraction of sp³-hybridized carbons (Fsp3) is 0.533. The van der Waals surface area contributed by atoms with Crippen LogP contribution in [0.1, 0.15) is 36.0 Å². The molecule has 19 heavy (non-hydrogen) atoms. The zero-order valence-corrected chi connectivity index (χ0v) is 11.4. The maximum atomic E-state index is 13.0. The number of hydrogen-bond donors (Lipinski definition) is 1. The molecule has 1 N–H and O–H groups in total. The minimum atomic E-state index is -0.406. The van der Waals surface area contributed by atoms with Crippen molar-refractivity contribution in [1.29, 1.82) is 0 Å². The van der Waals surface area contributed by atoms with E-state index in [0.29, 0.717) is 17.9 Å². The van der Waals surface area contributed by atoms with Crippen LogP contribution in [-0.2, 0) is 0 Å². The summed E-state index contributed by atoms with van der Waals surface area (Å²) < 4.78 is 13.0. The number of carbonyl (C=O) groups excluding carboxylic acids is 1. The number of rotatable bonds is 3. The lowest BCUT2D eigenvalue weighted by Gasteiger charge is -2.17. The number of carbonyl (C=O) groups is 1. The molecule has 0 aromatic heterocycles. The molecule has 1 saturated carbocycles. The van der Waals surface area contributed by atoms with Crippen LogP contribution in [0, 0.1) is 17.7 Å². The van der Waals surface area contributed by atoms with Gasteiger partial charge in [-0.15, -0.1) is 0 Å². The summed E-state index contributed by atoms with van der Waals surface area (Å²) in [6.45, 7) is 1.03. The first-order valence-corrected chi connectivity index (χ1v) is 7.24. The van der Waals surface area contributed by atoms with E-state index in [9.17, 15) is 9.18 Å². The largest absolute Gasteiger partial charge is 0.313 e. The Hall–Kier alpha value is -0.930. The average Bonchev–Trinajstić information content (AvgIpc) is 2.94. The van der Waals surface area contributed by atoms with Gasteiger partial charge in [-0.2, -0.15) is 0 Å². The Labute approximate surface area is 117 Å². The fourth-order valence-corrected chi connectivity index (χ4v) is 3.82. The van der Waals surface area contributed by atoms with Crippen LogP contribution < -0.4 is 5.32 Å². The predicted molar refractivity (Wildman–Crippen MR) is 73.0 cm³/mol. The Bertz CT molecular complexity index is 505. The van der Waals surface area contributed by atoms with Crippen LogP contribution in [0.25, 0.3) is 0 Å². The van der Waals surface area contributed by atoms with E-state index in [0.717, 1.165) is 12.5 Å². The molecule has 102 valence electrons. The number of ketones is 1. The van der Waals surface area contributed by atoms with E-state index in [1.165, 1.54) is 37.5 Å². The van der Waals surface area contributed by atoms with E-state index in [2.05, 4.69) is 5.32 Å². The van der Waals surface area contributed by atoms with Gasteiger partial charge in [-0.25, -0.2) is 4.39 Å². The van der Waals surface area contributed by atoms with Gasteiger partial charge in [0.2, 0.25) is 0 Å². The van der Waals surface area contributed by atoms with Crippen molar-refractivity contribution in [3.63, 3.8) is 0 Å². The van der Waals surface area contributed by atoms with Crippen LogP contribution in [0.2, 0.25) is 5.02 Å². The lowest BCUT2D eigenvalue weighted by atomic mass is 9.90. The Kier molecular flexibility index (Phi) is 3.59. The summed E-state index contributed by atoms with van der Waals surface area (Å²) in [6, 6.07) is 4.25. The van der Waals surface area contributed by atoms with Gasteiger partial charge in [0.25, 0.3) is 0 Å². The number of Topliss-reactive ketones (excluding diaryl/α,β-unsaturated/α-hetero) is 1. The van der Waals surface area contributed by atoms with Gasteiger partial charge in [-0.3, -0.25) is 4.79 Å². The highest BCUT2D eigenvalue weighted by Gasteiger charge is 2.39. The zero-order chi connectivity index (χ0) is 13.4. The maximum absolute atomic E-state index is 13.0. The van der Waals surface area contributed by atoms with Gasteiger partial charge in [-0.1, -0.05) is 18.0 Å². The molecule has 1 heterocycles. The summed E-state index contributed by atoms with van der Waals surface area (Å²) in [6.07, 6.45) is 4.23. The zero-order valence-electron chi connectivity index (χ0n) is 10.7. The average molecular weight is 282 g/mol. The molecule has 1 saturated heterocycles. The summed E-state index contributed by atoms with van der Waals surface area (Å²) in [7, 11) is 0. The molecule has 1 aliphatic heterocycles. The van der Waals surface area contributed by atoms with Crippen molar-refractivity contribution in [2.75, 3.05) is 6.54 Å². The van der Waals surface area contributed by atoms with Crippen molar-refractivity contribution in [2.24, 2.45) is 11.8 Å².